The van der Waals surface area contributed by atoms with E-state index in [0.29, 0.717) is 11.1 Å². The van der Waals surface area contributed by atoms with Crippen LogP contribution in [0.2, 0.25) is 0 Å². The SMILES string of the molecule is COC(=O)[C@]1(O)NC(=O)C(c2ccc(O)cc2)=C1c1ccc(O)cc1. The predicted molar refractivity (Wildman–Crippen MR) is 88.1 cm³/mol. The molecule has 0 fully saturated rings. The Morgan fingerprint density at radius 3 is 1.92 bits per heavy atom. The van der Waals surface area contributed by atoms with Crippen LogP contribution in [0.25, 0.3) is 11.1 Å². The van der Waals surface area contributed by atoms with Gasteiger partial charge in [-0.2, -0.15) is 0 Å². The maximum Gasteiger partial charge on any atom is 0.364 e. The van der Waals surface area contributed by atoms with Gasteiger partial charge in [0.15, 0.2) is 0 Å². The van der Waals surface area contributed by atoms with Crippen molar-refractivity contribution in [3.63, 3.8) is 0 Å². The van der Waals surface area contributed by atoms with Crippen molar-refractivity contribution in [2.75, 3.05) is 7.11 Å². The highest BCUT2D eigenvalue weighted by Crippen LogP contribution is 2.40. The highest BCUT2D eigenvalue weighted by molar-refractivity contribution is 6.34. The lowest BCUT2D eigenvalue weighted by molar-refractivity contribution is -0.159. The molecule has 128 valence electrons. The van der Waals surface area contributed by atoms with E-state index in [-0.39, 0.29) is 22.6 Å². The summed E-state index contributed by atoms with van der Waals surface area (Å²) in [7, 11) is 1.10. The lowest BCUT2D eigenvalue weighted by Gasteiger charge is -2.23. The van der Waals surface area contributed by atoms with Crippen LogP contribution < -0.4 is 5.32 Å². The molecular weight excluding hydrogens is 326 g/mol. The van der Waals surface area contributed by atoms with E-state index in [1.807, 2.05) is 0 Å². The van der Waals surface area contributed by atoms with Crippen LogP contribution >= 0.6 is 0 Å². The lowest BCUT2D eigenvalue weighted by atomic mass is 9.90. The van der Waals surface area contributed by atoms with Crippen molar-refractivity contribution in [1.29, 1.82) is 0 Å². The Kier molecular flexibility index (Phi) is 3.94. The monoisotopic (exact) mass is 341 g/mol. The molecule has 1 aliphatic rings. The number of nitrogens with one attached hydrogen (secondary N) is 1. The first kappa shape index (κ1) is 16.5. The van der Waals surface area contributed by atoms with E-state index in [9.17, 15) is 24.9 Å². The minimum absolute atomic E-state index is 0.00516. The molecule has 1 aliphatic heterocycles. The second kappa shape index (κ2) is 5.95. The number of rotatable bonds is 3. The molecule has 1 heterocycles. The number of hydrogen-bond acceptors (Lipinski definition) is 6. The molecule has 0 unspecified atom stereocenters. The lowest BCUT2D eigenvalue weighted by Crippen LogP contribution is -2.51. The summed E-state index contributed by atoms with van der Waals surface area (Å²) >= 11 is 0. The molecule has 4 N–H and O–H groups in total. The molecule has 0 saturated heterocycles. The smallest absolute Gasteiger partial charge is 0.364 e. The Morgan fingerprint density at radius 2 is 1.44 bits per heavy atom. The van der Waals surface area contributed by atoms with Gasteiger partial charge in [0.05, 0.1) is 12.7 Å². The summed E-state index contributed by atoms with van der Waals surface area (Å²) in [6.07, 6.45) is 0. The van der Waals surface area contributed by atoms with Crippen LogP contribution in [0.5, 0.6) is 11.5 Å². The summed E-state index contributed by atoms with van der Waals surface area (Å²) < 4.78 is 4.64. The molecule has 0 bridgehead atoms. The molecule has 25 heavy (non-hydrogen) atoms. The number of aromatic hydroxyl groups is 2. The third kappa shape index (κ3) is 2.70. The van der Waals surface area contributed by atoms with Crippen LogP contribution in [0.15, 0.2) is 48.5 Å². The molecule has 0 spiro atoms. The summed E-state index contributed by atoms with van der Waals surface area (Å²) in [5.41, 5.74) is -1.53. The van der Waals surface area contributed by atoms with Crippen molar-refractivity contribution in [2.45, 2.75) is 5.72 Å². The number of phenols is 2. The van der Waals surface area contributed by atoms with E-state index in [2.05, 4.69) is 10.1 Å². The zero-order chi connectivity index (χ0) is 18.2. The van der Waals surface area contributed by atoms with Gasteiger partial charge in [0.1, 0.15) is 11.5 Å². The summed E-state index contributed by atoms with van der Waals surface area (Å²) in [4.78, 5) is 24.7. The molecule has 1 atom stereocenters. The van der Waals surface area contributed by atoms with Gasteiger partial charge in [-0.1, -0.05) is 24.3 Å². The van der Waals surface area contributed by atoms with Gasteiger partial charge >= 0.3 is 5.97 Å². The fraction of sp³-hybridized carbons (Fsp3) is 0.111. The first-order chi connectivity index (χ1) is 11.9. The molecule has 1 amide bonds. The van der Waals surface area contributed by atoms with Crippen LogP contribution in [-0.2, 0) is 14.3 Å². The van der Waals surface area contributed by atoms with Crippen LogP contribution in [-0.4, -0.2) is 40.0 Å². The number of carbonyl (C=O) groups is 2. The van der Waals surface area contributed by atoms with Crippen molar-refractivity contribution in [2.24, 2.45) is 0 Å². The second-order valence-electron chi connectivity index (χ2n) is 5.50. The number of amides is 1. The fourth-order valence-electron chi connectivity index (χ4n) is 2.77. The third-order valence-electron chi connectivity index (χ3n) is 3.93. The zero-order valence-electron chi connectivity index (χ0n) is 13.2. The third-order valence-corrected chi connectivity index (χ3v) is 3.93. The van der Waals surface area contributed by atoms with Crippen molar-refractivity contribution in [3.05, 3.63) is 59.7 Å². The van der Waals surface area contributed by atoms with Crippen LogP contribution in [0.1, 0.15) is 11.1 Å². The molecule has 7 nitrogen and oxygen atoms in total. The first-order valence-corrected chi connectivity index (χ1v) is 7.33. The van der Waals surface area contributed by atoms with Gasteiger partial charge in [-0.15, -0.1) is 0 Å². The maximum absolute atomic E-state index is 12.5. The molecule has 3 rings (SSSR count). The standard InChI is InChI=1S/C18H15NO6/c1-25-17(23)18(24)15(11-4-8-13(21)9-5-11)14(16(22)19-18)10-2-6-12(20)7-3-10/h2-9,20-21,24H,1H3,(H,19,22)/t18-/m0/s1. The Bertz CT molecular complexity index is 869. The number of methoxy groups -OCH3 is 1. The van der Waals surface area contributed by atoms with E-state index >= 15 is 0 Å². The number of hydrogen-bond donors (Lipinski definition) is 4. The molecule has 7 heteroatoms. The largest absolute Gasteiger partial charge is 0.508 e. The molecular formula is C18H15NO6. The Labute approximate surface area is 142 Å². The fourth-order valence-corrected chi connectivity index (χ4v) is 2.77. The number of carbonyl (C=O) groups excluding carboxylic acids is 2. The molecule has 2 aromatic rings. The number of aliphatic hydroxyl groups is 1. The molecule has 0 saturated carbocycles. The summed E-state index contributed by atoms with van der Waals surface area (Å²) in [5, 5.41) is 32.0. The van der Waals surface area contributed by atoms with E-state index in [1.165, 1.54) is 48.5 Å². The summed E-state index contributed by atoms with van der Waals surface area (Å²) in [5.74, 6) is -1.70. The van der Waals surface area contributed by atoms with Crippen LogP contribution in [0.3, 0.4) is 0 Å². The normalized spacial score (nSPS) is 19.7. The van der Waals surface area contributed by atoms with E-state index in [0.717, 1.165) is 7.11 Å². The predicted octanol–water partition coefficient (Wildman–Crippen LogP) is 1.000. The van der Waals surface area contributed by atoms with E-state index in [4.69, 9.17) is 0 Å². The number of phenolic OH excluding ortho intramolecular Hbond substituents is 2. The minimum atomic E-state index is -2.37. The first-order valence-electron chi connectivity index (χ1n) is 7.33. The van der Waals surface area contributed by atoms with Crippen LogP contribution in [0, 0.1) is 0 Å². The quantitative estimate of drug-likeness (QED) is 0.619. The van der Waals surface area contributed by atoms with Crippen molar-refractivity contribution in [1.82, 2.24) is 5.32 Å². The van der Waals surface area contributed by atoms with Gasteiger partial charge in [0.2, 0.25) is 0 Å². The molecule has 0 aliphatic carbocycles. The second-order valence-corrected chi connectivity index (χ2v) is 5.50. The molecule has 0 radical (unpaired) electrons. The number of esters is 1. The summed E-state index contributed by atoms with van der Waals surface area (Å²) in [6.45, 7) is 0. The highest BCUT2D eigenvalue weighted by atomic mass is 16.5. The average molecular weight is 341 g/mol. The van der Waals surface area contributed by atoms with Crippen molar-refractivity contribution in [3.8, 4) is 11.5 Å². The van der Waals surface area contributed by atoms with Gasteiger partial charge in [0, 0.05) is 5.57 Å². The number of benzene rings is 2. The molecule has 2 aromatic carbocycles. The van der Waals surface area contributed by atoms with Gasteiger partial charge in [-0.05, 0) is 35.4 Å². The van der Waals surface area contributed by atoms with Crippen molar-refractivity contribution < 1.29 is 29.6 Å². The van der Waals surface area contributed by atoms with Crippen LogP contribution in [0.4, 0.5) is 0 Å². The van der Waals surface area contributed by atoms with E-state index < -0.39 is 17.6 Å². The van der Waals surface area contributed by atoms with Gasteiger partial charge in [-0.25, -0.2) is 4.79 Å². The van der Waals surface area contributed by atoms with Gasteiger partial charge < -0.3 is 25.4 Å². The Balaban J connectivity index is 2.29. The zero-order valence-corrected chi connectivity index (χ0v) is 13.2. The Morgan fingerprint density at radius 1 is 0.960 bits per heavy atom. The van der Waals surface area contributed by atoms with E-state index in [1.54, 1.807) is 0 Å². The van der Waals surface area contributed by atoms with Gasteiger partial charge in [-0.3, -0.25) is 4.79 Å². The van der Waals surface area contributed by atoms with Crippen molar-refractivity contribution >= 4 is 23.0 Å². The maximum atomic E-state index is 12.5. The molecule has 0 aromatic heterocycles. The highest BCUT2D eigenvalue weighted by Gasteiger charge is 2.51. The van der Waals surface area contributed by atoms with Gasteiger partial charge in [0.25, 0.3) is 11.6 Å². The number of ether oxygens (including phenoxy) is 1. The Hall–Kier alpha value is -3.32. The topological polar surface area (TPSA) is 116 Å². The minimum Gasteiger partial charge on any atom is -0.508 e. The summed E-state index contributed by atoms with van der Waals surface area (Å²) in [6, 6.07) is 11.5. The average Bonchev–Trinajstić information content (AvgIpc) is 2.87.